The lowest BCUT2D eigenvalue weighted by atomic mass is 10.2. The van der Waals surface area contributed by atoms with Gasteiger partial charge in [0.25, 0.3) is 0 Å². The number of benzene rings is 1. The molecule has 4 nitrogen and oxygen atoms in total. The molecule has 0 fully saturated rings. The zero-order chi connectivity index (χ0) is 10.8. The average Bonchev–Trinajstić information content (AvgIpc) is 2.15. The summed E-state index contributed by atoms with van der Waals surface area (Å²) in [6.07, 6.45) is 1.11. The van der Waals surface area contributed by atoms with Gasteiger partial charge in [-0.15, -0.1) is 0 Å². The molecule has 14 heavy (non-hydrogen) atoms. The minimum atomic E-state index is -3.20. The number of rotatable bonds is 2. The second-order valence-corrected chi connectivity index (χ2v) is 5.06. The third-order valence-corrected chi connectivity index (χ3v) is 3.03. The van der Waals surface area contributed by atoms with E-state index in [1.165, 1.54) is 24.3 Å². The normalized spacial score (nSPS) is 12.9. The van der Waals surface area contributed by atoms with Gasteiger partial charge in [0.15, 0.2) is 15.0 Å². The number of nitrogens with zero attached hydrogens (tertiary/aromatic N) is 1. The van der Waals surface area contributed by atoms with Crippen LogP contribution >= 0.6 is 11.6 Å². The van der Waals surface area contributed by atoms with Crippen molar-refractivity contribution in [2.45, 2.75) is 4.90 Å². The van der Waals surface area contributed by atoms with Crippen molar-refractivity contribution < 1.29 is 13.6 Å². The molecule has 1 aromatic carbocycles. The van der Waals surface area contributed by atoms with E-state index in [1.807, 2.05) is 0 Å². The molecule has 1 rings (SSSR count). The largest absolute Gasteiger partial charge is 0.410 e. The fourth-order valence-corrected chi connectivity index (χ4v) is 1.65. The molecule has 0 atom stereocenters. The Labute approximate surface area is 86.7 Å². The predicted octanol–water partition coefficient (Wildman–Crippen LogP) is 1.46. The molecule has 0 radical (unpaired) electrons. The van der Waals surface area contributed by atoms with Crippen molar-refractivity contribution in [3.05, 3.63) is 29.8 Å². The SMILES string of the molecule is CS(=O)(=O)c1ccc(C(Cl)=NO)cc1. The Kier molecular flexibility index (Phi) is 3.13. The Morgan fingerprint density at radius 3 is 2.21 bits per heavy atom. The number of halogens is 1. The first-order valence-electron chi connectivity index (χ1n) is 3.63. The average molecular weight is 234 g/mol. The first-order valence-corrected chi connectivity index (χ1v) is 5.90. The number of oxime groups is 1. The van der Waals surface area contributed by atoms with Gasteiger partial charge in [0.05, 0.1) is 4.90 Å². The van der Waals surface area contributed by atoms with Crippen LogP contribution in [0.4, 0.5) is 0 Å². The summed E-state index contributed by atoms with van der Waals surface area (Å²) in [7, 11) is -3.20. The third-order valence-electron chi connectivity index (χ3n) is 1.61. The van der Waals surface area contributed by atoms with E-state index in [0.717, 1.165) is 6.26 Å². The summed E-state index contributed by atoms with van der Waals surface area (Å²) in [6.45, 7) is 0. The van der Waals surface area contributed by atoms with E-state index in [9.17, 15) is 8.42 Å². The van der Waals surface area contributed by atoms with E-state index in [-0.39, 0.29) is 10.1 Å². The van der Waals surface area contributed by atoms with Gasteiger partial charge in [-0.1, -0.05) is 28.9 Å². The molecule has 0 saturated carbocycles. The number of sulfone groups is 1. The first kappa shape index (κ1) is 11.0. The highest BCUT2D eigenvalue weighted by molar-refractivity contribution is 7.90. The van der Waals surface area contributed by atoms with E-state index in [1.54, 1.807) is 0 Å². The number of hydrogen-bond donors (Lipinski definition) is 1. The summed E-state index contributed by atoms with van der Waals surface area (Å²) < 4.78 is 22.1. The Balaban J connectivity index is 3.14. The van der Waals surface area contributed by atoms with Gasteiger partial charge in [0, 0.05) is 11.8 Å². The Morgan fingerprint density at radius 1 is 1.36 bits per heavy atom. The molecule has 1 aromatic rings. The Morgan fingerprint density at radius 2 is 1.86 bits per heavy atom. The lowest BCUT2D eigenvalue weighted by Gasteiger charge is -1.99. The molecule has 6 heteroatoms. The van der Waals surface area contributed by atoms with Crippen LogP contribution in [-0.2, 0) is 9.84 Å². The molecule has 0 aliphatic rings. The van der Waals surface area contributed by atoms with E-state index in [0.29, 0.717) is 5.56 Å². The van der Waals surface area contributed by atoms with Gasteiger partial charge in [-0.25, -0.2) is 8.42 Å². The third kappa shape index (κ3) is 2.46. The summed E-state index contributed by atoms with van der Waals surface area (Å²) in [5.74, 6) is 0. The highest BCUT2D eigenvalue weighted by Crippen LogP contribution is 2.12. The maximum absolute atomic E-state index is 11.1. The minimum Gasteiger partial charge on any atom is -0.410 e. The fraction of sp³-hybridized carbons (Fsp3) is 0.125. The van der Waals surface area contributed by atoms with Crippen molar-refractivity contribution in [1.82, 2.24) is 0 Å². The van der Waals surface area contributed by atoms with Crippen molar-refractivity contribution in [2.24, 2.45) is 5.16 Å². The zero-order valence-electron chi connectivity index (χ0n) is 7.31. The quantitative estimate of drug-likeness (QED) is 0.478. The molecule has 1 N–H and O–H groups in total. The standard InChI is InChI=1S/C8H8ClNO3S/c1-14(12,13)7-4-2-6(3-5-7)8(9)10-11/h2-5,11H,1H3. The molecule has 0 spiro atoms. The molecule has 0 heterocycles. The van der Waals surface area contributed by atoms with Crippen LogP contribution in [0.2, 0.25) is 0 Å². The Bertz CT molecular complexity index is 450. The van der Waals surface area contributed by atoms with Crippen molar-refractivity contribution in [2.75, 3.05) is 6.26 Å². The van der Waals surface area contributed by atoms with Gasteiger partial charge in [-0.2, -0.15) is 0 Å². The van der Waals surface area contributed by atoms with Crippen LogP contribution in [-0.4, -0.2) is 25.1 Å². The monoisotopic (exact) mass is 233 g/mol. The van der Waals surface area contributed by atoms with Crippen LogP contribution in [0.15, 0.2) is 34.3 Å². The molecular formula is C8H8ClNO3S. The Hall–Kier alpha value is -1.07. The van der Waals surface area contributed by atoms with E-state index < -0.39 is 9.84 Å². The van der Waals surface area contributed by atoms with Crippen LogP contribution in [0.25, 0.3) is 0 Å². The lowest BCUT2D eigenvalue weighted by Crippen LogP contribution is -1.98. The van der Waals surface area contributed by atoms with Crippen LogP contribution < -0.4 is 0 Å². The summed E-state index contributed by atoms with van der Waals surface area (Å²) in [5, 5.41) is 11.1. The fourth-order valence-electron chi connectivity index (χ4n) is 0.897. The van der Waals surface area contributed by atoms with E-state index >= 15 is 0 Å². The van der Waals surface area contributed by atoms with Gasteiger partial charge >= 0.3 is 0 Å². The lowest BCUT2D eigenvalue weighted by molar-refractivity contribution is 0.321. The molecular weight excluding hydrogens is 226 g/mol. The van der Waals surface area contributed by atoms with E-state index in [2.05, 4.69) is 5.16 Å². The summed E-state index contributed by atoms with van der Waals surface area (Å²) in [6, 6.07) is 5.74. The second kappa shape index (κ2) is 3.98. The van der Waals surface area contributed by atoms with Crippen molar-refractivity contribution >= 4 is 26.6 Å². The first-order chi connectivity index (χ1) is 6.45. The molecule has 0 aromatic heterocycles. The van der Waals surface area contributed by atoms with Gasteiger partial charge < -0.3 is 5.21 Å². The molecule has 0 aliphatic carbocycles. The van der Waals surface area contributed by atoms with Crippen molar-refractivity contribution in [3.63, 3.8) is 0 Å². The molecule has 0 aliphatic heterocycles. The van der Waals surface area contributed by atoms with Gasteiger partial charge in [0.1, 0.15) is 0 Å². The topological polar surface area (TPSA) is 66.7 Å². The van der Waals surface area contributed by atoms with Crippen LogP contribution in [0.3, 0.4) is 0 Å². The van der Waals surface area contributed by atoms with Crippen molar-refractivity contribution in [3.8, 4) is 0 Å². The van der Waals surface area contributed by atoms with Crippen molar-refractivity contribution in [1.29, 1.82) is 0 Å². The summed E-state index contributed by atoms with van der Waals surface area (Å²) in [4.78, 5) is 0.198. The molecule has 76 valence electrons. The van der Waals surface area contributed by atoms with Gasteiger partial charge in [-0.3, -0.25) is 0 Å². The molecule has 0 unspecified atom stereocenters. The highest BCUT2D eigenvalue weighted by Gasteiger charge is 2.07. The minimum absolute atomic E-state index is 0.0787. The number of hydrogen-bond acceptors (Lipinski definition) is 4. The molecule has 0 saturated heterocycles. The molecule has 0 bridgehead atoms. The zero-order valence-corrected chi connectivity index (χ0v) is 8.88. The highest BCUT2D eigenvalue weighted by atomic mass is 35.5. The maximum atomic E-state index is 11.1. The molecule has 0 amide bonds. The van der Waals surface area contributed by atoms with Crippen LogP contribution in [0, 0.1) is 0 Å². The van der Waals surface area contributed by atoms with Crippen LogP contribution in [0.5, 0.6) is 0 Å². The van der Waals surface area contributed by atoms with Crippen LogP contribution in [0.1, 0.15) is 5.56 Å². The predicted molar refractivity (Wildman–Crippen MR) is 53.7 cm³/mol. The maximum Gasteiger partial charge on any atom is 0.175 e. The smallest absolute Gasteiger partial charge is 0.175 e. The second-order valence-electron chi connectivity index (χ2n) is 2.69. The van der Waals surface area contributed by atoms with E-state index in [4.69, 9.17) is 16.8 Å². The van der Waals surface area contributed by atoms with Gasteiger partial charge in [0.2, 0.25) is 0 Å². The van der Waals surface area contributed by atoms with Gasteiger partial charge in [-0.05, 0) is 12.1 Å². The summed E-state index contributed by atoms with van der Waals surface area (Å²) >= 11 is 5.51. The summed E-state index contributed by atoms with van der Waals surface area (Å²) in [5.41, 5.74) is 0.460.